The third kappa shape index (κ3) is 5.17. The summed E-state index contributed by atoms with van der Waals surface area (Å²) in [5, 5.41) is 9.91. The van der Waals surface area contributed by atoms with Crippen LogP contribution in [0.15, 0.2) is 45.1 Å². The van der Waals surface area contributed by atoms with Crippen LogP contribution in [0.4, 0.5) is 5.69 Å². The van der Waals surface area contributed by atoms with Crippen molar-refractivity contribution in [3.05, 3.63) is 40.1 Å². The number of esters is 1. The molecule has 1 N–H and O–H groups in total. The van der Waals surface area contributed by atoms with Crippen molar-refractivity contribution in [2.75, 3.05) is 6.61 Å². The van der Waals surface area contributed by atoms with Gasteiger partial charge in [-0.2, -0.15) is 0 Å². The van der Waals surface area contributed by atoms with Crippen molar-refractivity contribution in [1.29, 1.82) is 0 Å². The first kappa shape index (κ1) is 16.4. The van der Waals surface area contributed by atoms with Crippen molar-refractivity contribution in [2.45, 2.75) is 26.7 Å². The predicted octanol–water partition coefficient (Wildman–Crippen LogP) is 4.33. The van der Waals surface area contributed by atoms with Crippen LogP contribution in [-0.4, -0.2) is 23.9 Å². The molecule has 108 valence electrons. The quantitative estimate of drug-likeness (QED) is 0.363. The van der Waals surface area contributed by atoms with Gasteiger partial charge in [0.05, 0.1) is 12.3 Å². The number of hydrogen-bond acceptors (Lipinski definition) is 4. The molecule has 0 radical (unpaired) electrons. The third-order valence-electron chi connectivity index (χ3n) is 2.46. The standard InChI is InChI=1S/C15H18BrNO3/c1-3-5-14(18)13(15(19)20-4-2)10-17-12-8-6-11(16)7-9-12/h6-10,18H,3-5H2,1-2H3. The number of benzene rings is 1. The Balaban J connectivity index is 2.97. The number of halogens is 1. The van der Waals surface area contributed by atoms with E-state index in [2.05, 4.69) is 20.9 Å². The zero-order valence-electron chi connectivity index (χ0n) is 11.6. The molecule has 0 unspecified atom stereocenters. The summed E-state index contributed by atoms with van der Waals surface area (Å²) in [4.78, 5) is 16.0. The van der Waals surface area contributed by atoms with Gasteiger partial charge in [-0.1, -0.05) is 22.9 Å². The molecule has 0 heterocycles. The van der Waals surface area contributed by atoms with Gasteiger partial charge in [0.1, 0.15) is 11.3 Å². The number of carbonyl (C=O) groups is 1. The minimum Gasteiger partial charge on any atom is -0.511 e. The van der Waals surface area contributed by atoms with Crippen LogP contribution in [0, 0.1) is 0 Å². The Labute approximate surface area is 127 Å². The van der Waals surface area contributed by atoms with Crippen LogP contribution in [0.2, 0.25) is 0 Å². The highest BCUT2D eigenvalue weighted by molar-refractivity contribution is 9.10. The summed E-state index contributed by atoms with van der Waals surface area (Å²) < 4.78 is 5.87. The average molecular weight is 340 g/mol. The molecule has 4 nitrogen and oxygen atoms in total. The SMILES string of the molecule is CCCC(O)=C(C=Nc1ccc(Br)cc1)C(=O)OCC. The molecule has 0 aliphatic heterocycles. The number of hydrogen-bond donors (Lipinski definition) is 1. The van der Waals surface area contributed by atoms with E-state index in [1.54, 1.807) is 19.1 Å². The van der Waals surface area contributed by atoms with E-state index >= 15 is 0 Å². The summed E-state index contributed by atoms with van der Waals surface area (Å²) in [6.45, 7) is 3.90. The molecule has 5 heteroatoms. The van der Waals surface area contributed by atoms with E-state index in [9.17, 15) is 9.90 Å². The van der Waals surface area contributed by atoms with E-state index in [1.807, 2.05) is 19.1 Å². The number of aliphatic imine (C=N–C) groups is 1. The highest BCUT2D eigenvalue weighted by Crippen LogP contribution is 2.17. The Morgan fingerprint density at radius 2 is 2.00 bits per heavy atom. The van der Waals surface area contributed by atoms with Gasteiger partial charge in [0.2, 0.25) is 0 Å². The Morgan fingerprint density at radius 1 is 1.35 bits per heavy atom. The maximum absolute atomic E-state index is 11.8. The van der Waals surface area contributed by atoms with Crippen molar-refractivity contribution in [2.24, 2.45) is 4.99 Å². The molecule has 0 fully saturated rings. The van der Waals surface area contributed by atoms with E-state index < -0.39 is 5.97 Å². The lowest BCUT2D eigenvalue weighted by Crippen LogP contribution is -2.11. The van der Waals surface area contributed by atoms with Gasteiger partial charge in [-0.3, -0.25) is 4.99 Å². The van der Waals surface area contributed by atoms with Crippen molar-refractivity contribution in [3.63, 3.8) is 0 Å². The largest absolute Gasteiger partial charge is 0.511 e. The van der Waals surface area contributed by atoms with Crippen molar-refractivity contribution in [1.82, 2.24) is 0 Å². The molecule has 0 spiro atoms. The summed E-state index contributed by atoms with van der Waals surface area (Å²) >= 11 is 3.34. The monoisotopic (exact) mass is 339 g/mol. The van der Waals surface area contributed by atoms with Crippen LogP contribution in [0.3, 0.4) is 0 Å². The van der Waals surface area contributed by atoms with Crippen LogP contribution in [0.5, 0.6) is 0 Å². The number of allylic oxidation sites excluding steroid dienone is 1. The molecule has 1 aromatic carbocycles. The van der Waals surface area contributed by atoms with E-state index in [4.69, 9.17) is 4.74 Å². The van der Waals surface area contributed by atoms with Crippen molar-refractivity contribution >= 4 is 33.8 Å². The van der Waals surface area contributed by atoms with E-state index in [0.29, 0.717) is 12.1 Å². The van der Waals surface area contributed by atoms with Gasteiger partial charge < -0.3 is 9.84 Å². The highest BCUT2D eigenvalue weighted by Gasteiger charge is 2.14. The van der Waals surface area contributed by atoms with Crippen LogP contribution in [-0.2, 0) is 9.53 Å². The Morgan fingerprint density at radius 3 is 2.55 bits per heavy atom. The highest BCUT2D eigenvalue weighted by atomic mass is 79.9. The maximum Gasteiger partial charge on any atom is 0.343 e. The molecule has 0 amide bonds. The Hall–Kier alpha value is -1.62. The molecule has 0 saturated carbocycles. The van der Waals surface area contributed by atoms with E-state index in [-0.39, 0.29) is 17.9 Å². The van der Waals surface area contributed by atoms with Gasteiger partial charge in [-0.25, -0.2) is 4.79 Å². The van der Waals surface area contributed by atoms with Gasteiger partial charge in [0.15, 0.2) is 0 Å². The number of nitrogens with zero attached hydrogens (tertiary/aromatic N) is 1. The summed E-state index contributed by atoms with van der Waals surface area (Å²) in [7, 11) is 0. The molecule has 0 atom stereocenters. The van der Waals surface area contributed by atoms with Crippen LogP contribution < -0.4 is 0 Å². The molecule has 1 aromatic rings. The first-order valence-electron chi connectivity index (χ1n) is 6.47. The lowest BCUT2D eigenvalue weighted by molar-refractivity contribution is -0.138. The fourth-order valence-electron chi connectivity index (χ4n) is 1.49. The minimum absolute atomic E-state index is 0.00631. The smallest absolute Gasteiger partial charge is 0.343 e. The summed E-state index contributed by atoms with van der Waals surface area (Å²) in [6, 6.07) is 7.32. The summed E-state index contributed by atoms with van der Waals surface area (Å²) in [5.41, 5.74) is 0.802. The molecule has 0 bridgehead atoms. The number of rotatable bonds is 6. The van der Waals surface area contributed by atoms with Crippen LogP contribution >= 0.6 is 15.9 Å². The second-order valence-electron chi connectivity index (χ2n) is 4.07. The van der Waals surface area contributed by atoms with E-state index in [0.717, 1.165) is 10.9 Å². The van der Waals surface area contributed by atoms with Gasteiger partial charge in [-0.15, -0.1) is 0 Å². The van der Waals surface area contributed by atoms with Crippen LogP contribution in [0.25, 0.3) is 0 Å². The zero-order valence-corrected chi connectivity index (χ0v) is 13.2. The Kier molecular flexibility index (Phi) is 7.01. The molecule has 0 aliphatic carbocycles. The normalized spacial score (nSPS) is 12.3. The number of aliphatic hydroxyl groups excluding tert-OH is 1. The van der Waals surface area contributed by atoms with Gasteiger partial charge in [-0.05, 0) is 37.6 Å². The first-order chi connectivity index (χ1) is 9.58. The van der Waals surface area contributed by atoms with Gasteiger partial charge in [0.25, 0.3) is 0 Å². The molecule has 20 heavy (non-hydrogen) atoms. The van der Waals surface area contributed by atoms with Crippen molar-refractivity contribution in [3.8, 4) is 0 Å². The second kappa shape index (κ2) is 8.53. The first-order valence-corrected chi connectivity index (χ1v) is 7.26. The maximum atomic E-state index is 11.8. The molecule has 0 aromatic heterocycles. The fourth-order valence-corrected chi connectivity index (χ4v) is 1.76. The molecular weight excluding hydrogens is 322 g/mol. The number of carbonyl (C=O) groups excluding carboxylic acids is 1. The predicted molar refractivity (Wildman–Crippen MR) is 83.5 cm³/mol. The van der Waals surface area contributed by atoms with Gasteiger partial charge >= 0.3 is 5.97 Å². The molecule has 0 saturated heterocycles. The second-order valence-corrected chi connectivity index (χ2v) is 4.98. The summed E-state index contributed by atoms with van der Waals surface area (Å²) in [5.74, 6) is -0.550. The lowest BCUT2D eigenvalue weighted by Gasteiger charge is -2.05. The van der Waals surface area contributed by atoms with Crippen LogP contribution in [0.1, 0.15) is 26.7 Å². The third-order valence-corrected chi connectivity index (χ3v) is 2.99. The molecular formula is C15H18BrNO3. The lowest BCUT2D eigenvalue weighted by atomic mass is 10.1. The zero-order chi connectivity index (χ0) is 15.0. The fraction of sp³-hybridized carbons (Fsp3) is 0.333. The number of ether oxygens (including phenoxy) is 1. The molecule has 1 rings (SSSR count). The van der Waals surface area contributed by atoms with Gasteiger partial charge in [0, 0.05) is 17.1 Å². The number of aliphatic hydroxyl groups is 1. The Bertz CT molecular complexity index is 506. The van der Waals surface area contributed by atoms with E-state index in [1.165, 1.54) is 6.21 Å². The van der Waals surface area contributed by atoms with Crippen molar-refractivity contribution < 1.29 is 14.6 Å². The average Bonchev–Trinajstić information content (AvgIpc) is 2.42. The topological polar surface area (TPSA) is 58.9 Å². The summed E-state index contributed by atoms with van der Waals surface area (Å²) in [6.07, 6.45) is 2.51. The molecule has 0 aliphatic rings. The minimum atomic E-state index is -0.556.